The summed E-state index contributed by atoms with van der Waals surface area (Å²) in [7, 11) is 0. The molecule has 1 N–H and O–H groups in total. The zero-order chi connectivity index (χ0) is 24.8. The van der Waals surface area contributed by atoms with Crippen molar-refractivity contribution >= 4 is 28.3 Å². The summed E-state index contributed by atoms with van der Waals surface area (Å²) in [6.07, 6.45) is 0. The fourth-order valence-electron chi connectivity index (χ4n) is 3.48. The topological polar surface area (TPSA) is 99.5 Å². The van der Waals surface area contributed by atoms with E-state index in [-0.39, 0.29) is 17.2 Å². The Morgan fingerprint density at radius 2 is 1.51 bits per heavy atom. The SMILES string of the molecule is CC(C)Cn1nc(C(=O)OCC(=O)Nc2ccc(Oc3ccccc3)cc2)c2ccccc2c1=O. The molecule has 178 valence electrons. The van der Waals surface area contributed by atoms with E-state index in [9.17, 15) is 14.4 Å². The van der Waals surface area contributed by atoms with Crippen molar-refractivity contribution in [3.8, 4) is 11.5 Å². The number of ether oxygens (including phenoxy) is 2. The van der Waals surface area contributed by atoms with Crippen LogP contribution in [0.2, 0.25) is 0 Å². The highest BCUT2D eigenvalue weighted by Gasteiger charge is 2.19. The molecule has 4 aromatic rings. The van der Waals surface area contributed by atoms with Crippen molar-refractivity contribution in [1.29, 1.82) is 0 Å². The van der Waals surface area contributed by atoms with E-state index in [0.717, 1.165) is 0 Å². The minimum Gasteiger partial charge on any atom is -0.457 e. The van der Waals surface area contributed by atoms with Gasteiger partial charge >= 0.3 is 5.97 Å². The normalized spacial score (nSPS) is 10.8. The first-order valence-corrected chi connectivity index (χ1v) is 11.2. The Morgan fingerprint density at radius 1 is 0.886 bits per heavy atom. The number of nitrogens with zero attached hydrogens (tertiary/aromatic N) is 2. The number of para-hydroxylation sites is 1. The summed E-state index contributed by atoms with van der Waals surface area (Å²) in [5.41, 5.74) is 0.250. The van der Waals surface area contributed by atoms with Crippen molar-refractivity contribution in [3.63, 3.8) is 0 Å². The van der Waals surface area contributed by atoms with Crippen LogP contribution in [-0.4, -0.2) is 28.3 Å². The van der Waals surface area contributed by atoms with Crippen LogP contribution in [0.5, 0.6) is 11.5 Å². The summed E-state index contributed by atoms with van der Waals surface area (Å²) in [6, 6.07) is 22.9. The Kier molecular flexibility index (Phi) is 7.21. The number of anilines is 1. The van der Waals surface area contributed by atoms with E-state index >= 15 is 0 Å². The molecule has 0 atom stereocenters. The molecule has 0 bridgehead atoms. The second-order valence-electron chi connectivity index (χ2n) is 8.34. The van der Waals surface area contributed by atoms with E-state index in [1.54, 1.807) is 48.5 Å². The number of amides is 1. The third-order valence-corrected chi connectivity index (χ3v) is 5.05. The smallest absolute Gasteiger partial charge is 0.359 e. The molecule has 0 unspecified atom stereocenters. The van der Waals surface area contributed by atoms with Crippen LogP contribution in [-0.2, 0) is 16.1 Å². The van der Waals surface area contributed by atoms with Gasteiger partial charge in [0.15, 0.2) is 12.3 Å². The number of nitrogens with one attached hydrogen (secondary N) is 1. The van der Waals surface area contributed by atoms with Crippen LogP contribution < -0.4 is 15.6 Å². The largest absolute Gasteiger partial charge is 0.457 e. The Morgan fingerprint density at radius 3 is 2.20 bits per heavy atom. The van der Waals surface area contributed by atoms with E-state index in [2.05, 4.69) is 10.4 Å². The molecule has 0 saturated carbocycles. The monoisotopic (exact) mass is 471 g/mol. The molecule has 1 amide bonds. The molecule has 0 aliphatic rings. The van der Waals surface area contributed by atoms with Crippen LogP contribution in [0.3, 0.4) is 0 Å². The average Bonchev–Trinajstić information content (AvgIpc) is 2.86. The highest BCUT2D eigenvalue weighted by Crippen LogP contribution is 2.22. The first-order valence-electron chi connectivity index (χ1n) is 11.2. The van der Waals surface area contributed by atoms with E-state index < -0.39 is 18.5 Å². The Bertz CT molecular complexity index is 1400. The quantitative estimate of drug-likeness (QED) is 0.376. The van der Waals surface area contributed by atoms with E-state index in [1.807, 2.05) is 44.2 Å². The number of carbonyl (C=O) groups excluding carboxylic acids is 2. The van der Waals surface area contributed by atoms with Gasteiger partial charge in [-0.3, -0.25) is 9.59 Å². The maximum absolute atomic E-state index is 12.8. The Labute approximate surface area is 202 Å². The molecule has 8 nitrogen and oxygen atoms in total. The predicted octanol–water partition coefficient (Wildman–Crippen LogP) is 4.64. The lowest BCUT2D eigenvalue weighted by atomic mass is 10.1. The molecule has 0 aliphatic carbocycles. The molecule has 8 heteroatoms. The Hall–Kier alpha value is -4.46. The van der Waals surface area contributed by atoms with Crippen molar-refractivity contribution in [1.82, 2.24) is 9.78 Å². The van der Waals surface area contributed by atoms with Crippen molar-refractivity contribution < 1.29 is 19.1 Å². The summed E-state index contributed by atoms with van der Waals surface area (Å²) in [5, 5.41) is 7.67. The summed E-state index contributed by atoms with van der Waals surface area (Å²) < 4.78 is 12.2. The molecule has 1 heterocycles. The number of rotatable bonds is 8. The second-order valence-corrected chi connectivity index (χ2v) is 8.34. The van der Waals surface area contributed by atoms with Crippen molar-refractivity contribution in [2.24, 2.45) is 5.92 Å². The van der Waals surface area contributed by atoms with Crippen LogP contribution in [0.25, 0.3) is 10.8 Å². The fraction of sp³-hybridized carbons (Fsp3) is 0.185. The zero-order valence-corrected chi connectivity index (χ0v) is 19.4. The lowest BCUT2D eigenvalue weighted by molar-refractivity contribution is -0.119. The molecule has 0 saturated heterocycles. The number of carbonyl (C=O) groups is 2. The lowest BCUT2D eigenvalue weighted by Gasteiger charge is -2.12. The molecule has 0 spiro atoms. The first-order chi connectivity index (χ1) is 16.9. The lowest BCUT2D eigenvalue weighted by Crippen LogP contribution is -2.29. The fourth-order valence-corrected chi connectivity index (χ4v) is 3.48. The van der Waals surface area contributed by atoms with Gasteiger partial charge in [0.25, 0.3) is 11.5 Å². The number of hydrogen-bond acceptors (Lipinski definition) is 6. The van der Waals surface area contributed by atoms with Crippen molar-refractivity contribution in [2.45, 2.75) is 20.4 Å². The number of hydrogen-bond donors (Lipinski definition) is 1. The molecule has 1 aromatic heterocycles. The van der Waals surface area contributed by atoms with Gasteiger partial charge in [0, 0.05) is 17.6 Å². The van der Waals surface area contributed by atoms with Gasteiger partial charge in [-0.15, -0.1) is 0 Å². The third kappa shape index (κ3) is 5.92. The number of fused-ring (bicyclic) bond motifs is 1. The number of esters is 1. The van der Waals surface area contributed by atoms with Crippen LogP contribution >= 0.6 is 0 Å². The van der Waals surface area contributed by atoms with Gasteiger partial charge in [0.1, 0.15) is 11.5 Å². The van der Waals surface area contributed by atoms with Crippen LogP contribution in [0, 0.1) is 5.92 Å². The minimum atomic E-state index is -0.777. The van der Waals surface area contributed by atoms with E-state index in [1.165, 1.54) is 4.68 Å². The Balaban J connectivity index is 1.41. The van der Waals surface area contributed by atoms with Gasteiger partial charge < -0.3 is 14.8 Å². The van der Waals surface area contributed by atoms with Crippen molar-refractivity contribution in [2.75, 3.05) is 11.9 Å². The van der Waals surface area contributed by atoms with Gasteiger partial charge in [0.05, 0.1) is 5.39 Å². The van der Waals surface area contributed by atoms with Crippen molar-refractivity contribution in [3.05, 3.63) is 94.9 Å². The number of benzene rings is 3. The molecular formula is C27H25N3O5. The van der Waals surface area contributed by atoms with Crippen LogP contribution in [0.1, 0.15) is 24.3 Å². The highest BCUT2D eigenvalue weighted by atomic mass is 16.5. The maximum Gasteiger partial charge on any atom is 0.359 e. The summed E-state index contributed by atoms with van der Waals surface area (Å²) in [5.74, 6) is 0.197. The maximum atomic E-state index is 12.8. The molecule has 35 heavy (non-hydrogen) atoms. The second kappa shape index (κ2) is 10.6. The third-order valence-electron chi connectivity index (χ3n) is 5.05. The zero-order valence-electron chi connectivity index (χ0n) is 19.4. The van der Waals surface area contributed by atoms with Gasteiger partial charge in [-0.05, 0) is 48.4 Å². The molecule has 3 aromatic carbocycles. The highest BCUT2D eigenvalue weighted by molar-refractivity contribution is 6.03. The molecule has 0 aliphatic heterocycles. The first kappa shape index (κ1) is 23.7. The molecule has 0 fully saturated rings. The van der Waals surface area contributed by atoms with Crippen LogP contribution in [0.15, 0.2) is 83.7 Å². The van der Waals surface area contributed by atoms with E-state index in [0.29, 0.717) is 34.5 Å². The van der Waals surface area contributed by atoms with Gasteiger partial charge in [-0.1, -0.05) is 50.2 Å². The molecule has 0 radical (unpaired) electrons. The minimum absolute atomic E-state index is 0.00364. The van der Waals surface area contributed by atoms with Gasteiger partial charge in [-0.25, -0.2) is 9.48 Å². The number of aromatic nitrogens is 2. The predicted molar refractivity (Wildman–Crippen MR) is 133 cm³/mol. The summed E-state index contributed by atoms with van der Waals surface area (Å²) >= 11 is 0. The summed E-state index contributed by atoms with van der Waals surface area (Å²) in [6.45, 7) is 3.76. The van der Waals surface area contributed by atoms with Gasteiger partial charge in [0.2, 0.25) is 0 Å². The van der Waals surface area contributed by atoms with E-state index in [4.69, 9.17) is 9.47 Å². The average molecular weight is 472 g/mol. The van der Waals surface area contributed by atoms with Crippen LogP contribution in [0.4, 0.5) is 5.69 Å². The standard InChI is InChI=1S/C27H25N3O5/c1-18(2)16-30-26(32)23-11-7-6-10-22(23)25(29-30)27(33)34-17-24(31)28-19-12-14-21(15-13-19)35-20-8-4-3-5-9-20/h3-15,18H,16-17H2,1-2H3,(H,28,31). The molecular weight excluding hydrogens is 446 g/mol. The summed E-state index contributed by atoms with van der Waals surface area (Å²) in [4.78, 5) is 37.9. The molecule has 4 rings (SSSR count). The van der Waals surface area contributed by atoms with Gasteiger partial charge in [-0.2, -0.15) is 5.10 Å².